The minimum Gasteiger partial charge on any atom is -0.338 e. The molecule has 0 unspecified atom stereocenters. The van der Waals surface area contributed by atoms with Gasteiger partial charge in [0.1, 0.15) is 0 Å². The molecule has 3 heteroatoms. The molecule has 0 fully saturated rings. The van der Waals surface area contributed by atoms with E-state index in [1.165, 1.54) is 0 Å². The van der Waals surface area contributed by atoms with Crippen LogP contribution in [0.1, 0.15) is 13.8 Å². The summed E-state index contributed by atoms with van der Waals surface area (Å²) in [7, 11) is 1.77. The monoisotopic (exact) mass is 170 g/mol. The van der Waals surface area contributed by atoms with Crippen LogP contribution in [0, 0.1) is 0 Å². The molecular formula is C9H18N2O. The predicted molar refractivity (Wildman–Crippen MR) is 51.0 cm³/mol. The Morgan fingerprint density at radius 2 is 2.17 bits per heavy atom. The first-order valence-corrected chi connectivity index (χ1v) is 4.18. The molecule has 0 aliphatic carbocycles. The van der Waals surface area contributed by atoms with Crippen LogP contribution in [-0.4, -0.2) is 37.5 Å². The van der Waals surface area contributed by atoms with Gasteiger partial charge in [-0.3, -0.25) is 4.79 Å². The number of likely N-dealkylation sites (N-methyl/N-ethyl adjacent to an activating group) is 2. The summed E-state index contributed by atoms with van der Waals surface area (Å²) < 4.78 is 0. The summed E-state index contributed by atoms with van der Waals surface area (Å²) in [5, 5.41) is 2.83. The molecule has 0 heterocycles. The van der Waals surface area contributed by atoms with Crippen molar-refractivity contribution >= 4 is 5.91 Å². The number of carbonyl (C=O) groups excluding carboxylic acids is 1. The molecule has 0 saturated heterocycles. The van der Waals surface area contributed by atoms with Crippen LogP contribution < -0.4 is 5.32 Å². The zero-order chi connectivity index (χ0) is 9.56. The van der Waals surface area contributed by atoms with Gasteiger partial charge in [-0.25, -0.2) is 0 Å². The minimum atomic E-state index is 0.128. The molecule has 3 nitrogen and oxygen atoms in total. The maximum Gasteiger partial charge on any atom is 0.236 e. The Labute approximate surface area is 74.4 Å². The number of hydrogen-bond acceptors (Lipinski definition) is 2. The highest BCUT2D eigenvalue weighted by Crippen LogP contribution is 1.95. The standard InChI is InChI=1S/C9H18N2O/c1-5-11(7-8(2)3)9(12)6-10-4/h10H,2,5-7H2,1,3-4H3. The van der Waals surface area contributed by atoms with E-state index in [1.54, 1.807) is 11.9 Å². The molecule has 0 aromatic carbocycles. The van der Waals surface area contributed by atoms with Gasteiger partial charge in [0.25, 0.3) is 0 Å². The fourth-order valence-corrected chi connectivity index (χ4v) is 0.965. The Balaban J connectivity index is 3.96. The second kappa shape index (κ2) is 5.77. The molecule has 0 bridgehead atoms. The zero-order valence-electron chi connectivity index (χ0n) is 8.18. The molecule has 0 aromatic rings. The maximum atomic E-state index is 11.3. The lowest BCUT2D eigenvalue weighted by atomic mass is 10.3. The van der Waals surface area contributed by atoms with E-state index in [1.807, 2.05) is 13.8 Å². The fourth-order valence-electron chi connectivity index (χ4n) is 0.965. The first-order chi connectivity index (χ1) is 5.61. The van der Waals surface area contributed by atoms with E-state index in [4.69, 9.17) is 0 Å². The molecule has 0 aromatic heterocycles. The molecule has 0 spiro atoms. The molecular weight excluding hydrogens is 152 g/mol. The number of hydrogen-bond donors (Lipinski definition) is 1. The molecule has 0 atom stereocenters. The lowest BCUT2D eigenvalue weighted by Crippen LogP contribution is -2.37. The Bertz CT molecular complexity index is 166. The van der Waals surface area contributed by atoms with Crippen molar-refractivity contribution in [1.82, 2.24) is 10.2 Å². The van der Waals surface area contributed by atoms with Gasteiger partial charge in [0.05, 0.1) is 6.54 Å². The van der Waals surface area contributed by atoms with E-state index in [2.05, 4.69) is 11.9 Å². The summed E-state index contributed by atoms with van der Waals surface area (Å²) in [4.78, 5) is 13.1. The maximum absolute atomic E-state index is 11.3. The Hall–Kier alpha value is -0.830. The summed E-state index contributed by atoms with van der Waals surface area (Å²) in [6, 6.07) is 0. The van der Waals surface area contributed by atoms with Crippen LogP contribution in [-0.2, 0) is 4.79 Å². The van der Waals surface area contributed by atoms with E-state index < -0.39 is 0 Å². The van der Waals surface area contributed by atoms with E-state index >= 15 is 0 Å². The van der Waals surface area contributed by atoms with Crippen molar-refractivity contribution in [2.24, 2.45) is 0 Å². The molecule has 0 aliphatic rings. The predicted octanol–water partition coefficient (Wildman–Crippen LogP) is 0.630. The van der Waals surface area contributed by atoms with Crippen molar-refractivity contribution in [1.29, 1.82) is 0 Å². The van der Waals surface area contributed by atoms with Crippen molar-refractivity contribution < 1.29 is 4.79 Å². The Kier molecular flexibility index (Phi) is 5.37. The number of amides is 1. The molecule has 1 amide bonds. The molecule has 12 heavy (non-hydrogen) atoms. The third-order valence-corrected chi connectivity index (χ3v) is 1.52. The van der Waals surface area contributed by atoms with Crippen LogP contribution in [0.4, 0.5) is 0 Å². The van der Waals surface area contributed by atoms with Gasteiger partial charge in [0, 0.05) is 13.1 Å². The SMILES string of the molecule is C=C(C)CN(CC)C(=O)CNC. The molecule has 70 valence electrons. The van der Waals surface area contributed by atoms with Gasteiger partial charge in [-0.15, -0.1) is 0 Å². The lowest BCUT2D eigenvalue weighted by Gasteiger charge is -2.20. The fraction of sp³-hybridized carbons (Fsp3) is 0.667. The highest BCUT2D eigenvalue weighted by atomic mass is 16.2. The van der Waals surface area contributed by atoms with Crippen molar-refractivity contribution in [2.75, 3.05) is 26.7 Å². The molecule has 0 aliphatic heterocycles. The summed E-state index contributed by atoms with van der Waals surface area (Å²) in [6.07, 6.45) is 0. The van der Waals surface area contributed by atoms with Crippen molar-refractivity contribution in [3.05, 3.63) is 12.2 Å². The van der Waals surface area contributed by atoms with E-state index in [9.17, 15) is 4.79 Å². The average molecular weight is 170 g/mol. The van der Waals surface area contributed by atoms with Crippen molar-refractivity contribution in [3.63, 3.8) is 0 Å². The average Bonchev–Trinajstić information content (AvgIpc) is 2.00. The highest BCUT2D eigenvalue weighted by molar-refractivity contribution is 5.78. The third-order valence-electron chi connectivity index (χ3n) is 1.52. The van der Waals surface area contributed by atoms with Gasteiger partial charge in [-0.2, -0.15) is 0 Å². The second-order valence-corrected chi connectivity index (χ2v) is 2.90. The largest absolute Gasteiger partial charge is 0.338 e. The molecule has 1 N–H and O–H groups in total. The normalized spacial score (nSPS) is 9.58. The smallest absolute Gasteiger partial charge is 0.236 e. The number of nitrogens with one attached hydrogen (secondary N) is 1. The first kappa shape index (κ1) is 11.2. The number of carbonyl (C=O) groups is 1. The van der Waals surface area contributed by atoms with Crippen molar-refractivity contribution in [2.45, 2.75) is 13.8 Å². The number of nitrogens with zero attached hydrogens (tertiary/aromatic N) is 1. The topological polar surface area (TPSA) is 32.3 Å². The molecule has 0 radical (unpaired) electrons. The van der Waals surface area contributed by atoms with Crippen LogP contribution in [0.15, 0.2) is 12.2 Å². The zero-order valence-corrected chi connectivity index (χ0v) is 8.18. The summed E-state index contributed by atoms with van der Waals surface area (Å²) in [6.45, 7) is 9.48. The van der Waals surface area contributed by atoms with Crippen LogP contribution in [0.3, 0.4) is 0 Å². The first-order valence-electron chi connectivity index (χ1n) is 4.18. The van der Waals surface area contributed by atoms with Gasteiger partial charge in [0.15, 0.2) is 0 Å². The minimum absolute atomic E-state index is 0.128. The molecule has 0 rings (SSSR count). The summed E-state index contributed by atoms with van der Waals surface area (Å²) in [5.41, 5.74) is 1.02. The van der Waals surface area contributed by atoms with Gasteiger partial charge in [-0.05, 0) is 20.9 Å². The lowest BCUT2D eigenvalue weighted by molar-refractivity contribution is -0.129. The summed E-state index contributed by atoms with van der Waals surface area (Å²) in [5.74, 6) is 0.128. The van der Waals surface area contributed by atoms with Crippen molar-refractivity contribution in [3.8, 4) is 0 Å². The Morgan fingerprint density at radius 3 is 2.50 bits per heavy atom. The molecule has 0 saturated carbocycles. The Morgan fingerprint density at radius 1 is 1.58 bits per heavy atom. The van der Waals surface area contributed by atoms with Gasteiger partial charge in [0.2, 0.25) is 5.91 Å². The van der Waals surface area contributed by atoms with E-state index in [0.29, 0.717) is 13.1 Å². The quantitative estimate of drug-likeness (QED) is 0.614. The van der Waals surface area contributed by atoms with Gasteiger partial charge in [-0.1, -0.05) is 12.2 Å². The summed E-state index contributed by atoms with van der Waals surface area (Å²) >= 11 is 0. The number of rotatable bonds is 5. The second-order valence-electron chi connectivity index (χ2n) is 2.90. The van der Waals surface area contributed by atoms with Gasteiger partial charge < -0.3 is 10.2 Å². The van der Waals surface area contributed by atoms with Crippen LogP contribution in [0.5, 0.6) is 0 Å². The third kappa shape index (κ3) is 4.13. The van der Waals surface area contributed by atoms with E-state index in [0.717, 1.165) is 12.1 Å². The van der Waals surface area contributed by atoms with Gasteiger partial charge >= 0.3 is 0 Å². The van der Waals surface area contributed by atoms with E-state index in [-0.39, 0.29) is 5.91 Å². The van der Waals surface area contributed by atoms with Crippen LogP contribution in [0.2, 0.25) is 0 Å². The highest BCUT2D eigenvalue weighted by Gasteiger charge is 2.09. The van der Waals surface area contributed by atoms with Crippen LogP contribution >= 0.6 is 0 Å². The van der Waals surface area contributed by atoms with Crippen LogP contribution in [0.25, 0.3) is 0 Å².